The zero-order valence-electron chi connectivity index (χ0n) is 16.7. The van der Waals surface area contributed by atoms with Gasteiger partial charge in [-0.15, -0.1) is 5.92 Å². The second-order valence-corrected chi connectivity index (χ2v) is 8.19. The number of rotatable bonds is 3. The number of hydrogen-bond donors (Lipinski definition) is 0. The van der Waals surface area contributed by atoms with E-state index < -0.39 is 0 Å². The molecule has 2 aromatic rings. The van der Waals surface area contributed by atoms with Crippen LogP contribution in [-0.2, 0) is 4.79 Å². The van der Waals surface area contributed by atoms with Crippen LogP contribution in [0.2, 0.25) is 0 Å². The van der Waals surface area contributed by atoms with Crippen LogP contribution in [0.5, 0.6) is 0 Å². The highest BCUT2D eigenvalue weighted by Crippen LogP contribution is 2.57. The van der Waals surface area contributed by atoms with E-state index in [0.717, 1.165) is 38.8 Å². The van der Waals surface area contributed by atoms with Gasteiger partial charge in [-0.2, -0.15) is 0 Å². The van der Waals surface area contributed by atoms with Crippen molar-refractivity contribution >= 4 is 5.78 Å². The topological polar surface area (TPSA) is 20.3 Å². The van der Waals surface area contributed by atoms with Gasteiger partial charge in [-0.3, -0.25) is 9.69 Å². The van der Waals surface area contributed by atoms with E-state index >= 15 is 0 Å². The summed E-state index contributed by atoms with van der Waals surface area (Å²) >= 11 is 0. The zero-order chi connectivity index (χ0) is 19.4. The standard InChI is InChI=1S/C26H29NO/c1-2-3-10-17-27-18-11-16-26(25(27)22-14-8-5-9-15-22)20-23(19-24(26)28)21-12-6-4-7-13-21/h4-9,12-15,23,25H,2,11,16-20H2,1H3. The van der Waals surface area contributed by atoms with Crippen LogP contribution in [0, 0.1) is 17.3 Å². The molecule has 0 N–H and O–H groups in total. The van der Waals surface area contributed by atoms with Gasteiger partial charge in [-0.05, 0) is 42.9 Å². The van der Waals surface area contributed by atoms with Gasteiger partial charge < -0.3 is 0 Å². The molecule has 1 aliphatic heterocycles. The average molecular weight is 372 g/mol. The average Bonchev–Trinajstić information content (AvgIpc) is 3.06. The summed E-state index contributed by atoms with van der Waals surface area (Å²) < 4.78 is 0. The lowest BCUT2D eigenvalue weighted by molar-refractivity contribution is -0.132. The van der Waals surface area contributed by atoms with Crippen LogP contribution in [0.3, 0.4) is 0 Å². The first kappa shape index (κ1) is 19.0. The molecule has 2 heteroatoms. The smallest absolute Gasteiger partial charge is 0.141 e. The highest BCUT2D eigenvalue weighted by molar-refractivity contribution is 5.89. The summed E-state index contributed by atoms with van der Waals surface area (Å²) in [4.78, 5) is 16.0. The van der Waals surface area contributed by atoms with E-state index in [1.165, 1.54) is 11.1 Å². The fraction of sp³-hybridized carbons (Fsp3) is 0.423. The number of carbonyl (C=O) groups is 1. The fourth-order valence-corrected chi connectivity index (χ4v) is 5.35. The Morgan fingerprint density at radius 1 is 1.00 bits per heavy atom. The summed E-state index contributed by atoms with van der Waals surface area (Å²) in [6.07, 6.45) is 4.57. The van der Waals surface area contributed by atoms with E-state index in [-0.39, 0.29) is 11.5 Å². The van der Waals surface area contributed by atoms with Gasteiger partial charge in [0.15, 0.2) is 0 Å². The van der Waals surface area contributed by atoms with Gasteiger partial charge in [-0.25, -0.2) is 0 Å². The lowest BCUT2D eigenvalue weighted by Crippen LogP contribution is -2.48. The molecule has 1 saturated heterocycles. The zero-order valence-corrected chi connectivity index (χ0v) is 16.7. The molecule has 2 fully saturated rings. The Bertz CT molecular complexity index is 864. The molecule has 3 unspecified atom stereocenters. The van der Waals surface area contributed by atoms with Crippen LogP contribution >= 0.6 is 0 Å². The number of likely N-dealkylation sites (tertiary alicyclic amines) is 1. The van der Waals surface area contributed by atoms with E-state index in [9.17, 15) is 4.79 Å². The molecule has 1 aliphatic carbocycles. The van der Waals surface area contributed by atoms with Crippen molar-refractivity contribution in [3.05, 3.63) is 71.8 Å². The van der Waals surface area contributed by atoms with Crippen LogP contribution in [0.25, 0.3) is 0 Å². The minimum atomic E-state index is -0.284. The van der Waals surface area contributed by atoms with Crippen molar-refractivity contribution in [3.8, 4) is 11.8 Å². The molecule has 2 aliphatic rings. The molecule has 144 valence electrons. The minimum Gasteiger partial charge on any atom is -0.299 e. The Labute approximate surface area is 169 Å². The van der Waals surface area contributed by atoms with Gasteiger partial charge in [0.05, 0.1) is 6.54 Å². The summed E-state index contributed by atoms with van der Waals surface area (Å²) in [6.45, 7) is 3.85. The predicted octanol–water partition coefficient (Wildman–Crippen LogP) is 5.37. The SMILES string of the molecule is CCC#CCN1CCCC2(CC(c3ccccc3)CC2=O)C1c1ccccc1. The monoisotopic (exact) mass is 371 g/mol. The van der Waals surface area contributed by atoms with Gasteiger partial charge in [0.2, 0.25) is 0 Å². The lowest BCUT2D eigenvalue weighted by Gasteiger charge is -2.47. The molecule has 2 nitrogen and oxygen atoms in total. The minimum absolute atomic E-state index is 0.134. The molecular formula is C26H29NO. The van der Waals surface area contributed by atoms with Crippen molar-refractivity contribution in [2.75, 3.05) is 13.1 Å². The maximum Gasteiger partial charge on any atom is 0.141 e. The Hall–Kier alpha value is -2.37. The molecule has 4 rings (SSSR count). The van der Waals surface area contributed by atoms with Gasteiger partial charge in [0.25, 0.3) is 0 Å². The molecule has 1 heterocycles. The lowest BCUT2D eigenvalue weighted by atomic mass is 9.68. The first-order chi connectivity index (χ1) is 13.7. The van der Waals surface area contributed by atoms with E-state index in [1.54, 1.807) is 0 Å². The molecule has 1 saturated carbocycles. The van der Waals surface area contributed by atoms with Gasteiger partial charge >= 0.3 is 0 Å². The second-order valence-electron chi connectivity index (χ2n) is 8.19. The summed E-state index contributed by atoms with van der Waals surface area (Å²) in [5.41, 5.74) is 2.29. The van der Waals surface area contributed by atoms with E-state index in [4.69, 9.17) is 0 Å². The molecule has 3 atom stereocenters. The van der Waals surface area contributed by atoms with Crippen molar-refractivity contribution in [3.63, 3.8) is 0 Å². The second kappa shape index (κ2) is 8.33. The summed E-state index contributed by atoms with van der Waals surface area (Å²) in [7, 11) is 0. The predicted molar refractivity (Wildman–Crippen MR) is 114 cm³/mol. The molecule has 1 spiro atoms. The van der Waals surface area contributed by atoms with Gasteiger partial charge in [-0.1, -0.05) is 73.5 Å². The molecule has 0 aromatic heterocycles. The van der Waals surface area contributed by atoms with E-state index in [0.29, 0.717) is 18.1 Å². The largest absolute Gasteiger partial charge is 0.299 e. The highest BCUT2D eigenvalue weighted by Gasteiger charge is 2.55. The first-order valence-electron chi connectivity index (χ1n) is 10.6. The molecule has 0 amide bonds. The van der Waals surface area contributed by atoms with E-state index in [1.807, 2.05) is 0 Å². The number of Topliss-reactive ketones (excluding diaryl/α,β-unsaturated/α-hetero) is 1. The molecule has 0 radical (unpaired) electrons. The quantitative estimate of drug-likeness (QED) is 0.676. The molecule has 2 aromatic carbocycles. The Morgan fingerprint density at radius 2 is 1.68 bits per heavy atom. The Kier molecular flexibility index (Phi) is 5.64. The summed E-state index contributed by atoms with van der Waals surface area (Å²) in [6, 6.07) is 21.4. The van der Waals surface area contributed by atoms with Crippen LogP contribution in [0.4, 0.5) is 0 Å². The first-order valence-corrected chi connectivity index (χ1v) is 10.6. The Balaban J connectivity index is 1.71. The third-order valence-electron chi connectivity index (χ3n) is 6.52. The number of benzene rings is 2. The summed E-state index contributed by atoms with van der Waals surface area (Å²) in [5.74, 6) is 7.33. The third kappa shape index (κ3) is 3.52. The molecule has 0 bridgehead atoms. The fourth-order valence-electron chi connectivity index (χ4n) is 5.35. The highest BCUT2D eigenvalue weighted by atomic mass is 16.1. The third-order valence-corrected chi connectivity index (χ3v) is 6.52. The van der Waals surface area contributed by atoms with Crippen molar-refractivity contribution in [1.29, 1.82) is 0 Å². The van der Waals surface area contributed by atoms with Crippen molar-refractivity contribution in [2.45, 2.75) is 51.0 Å². The normalized spacial score (nSPS) is 27.5. The van der Waals surface area contributed by atoms with Crippen LogP contribution < -0.4 is 0 Å². The molecular weight excluding hydrogens is 342 g/mol. The number of ketones is 1. The van der Waals surface area contributed by atoms with Crippen LogP contribution in [0.15, 0.2) is 60.7 Å². The number of hydrogen-bond acceptors (Lipinski definition) is 2. The maximum absolute atomic E-state index is 13.5. The summed E-state index contributed by atoms with van der Waals surface area (Å²) in [5, 5.41) is 0. The maximum atomic E-state index is 13.5. The number of nitrogens with zero attached hydrogens (tertiary/aromatic N) is 1. The number of piperidine rings is 1. The van der Waals surface area contributed by atoms with Crippen molar-refractivity contribution in [2.24, 2.45) is 5.41 Å². The van der Waals surface area contributed by atoms with Gasteiger partial charge in [0, 0.05) is 24.3 Å². The van der Waals surface area contributed by atoms with Crippen molar-refractivity contribution < 1.29 is 4.79 Å². The Morgan fingerprint density at radius 3 is 2.36 bits per heavy atom. The van der Waals surface area contributed by atoms with Crippen LogP contribution in [0.1, 0.15) is 62.1 Å². The molecule has 28 heavy (non-hydrogen) atoms. The van der Waals surface area contributed by atoms with Gasteiger partial charge in [0.1, 0.15) is 5.78 Å². The number of carbonyl (C=O) groups excluding carboxylic acids is 1. The van der Waals surface area contributed by atoms with Crippen molar-refractivity contribution in [1.82, 2.24) is 4.90 Å². The van der Waals surface area contributed by atoms with E-state index in [2.05, 4.69) is 84.3 Å². The van der Waals surface area contributed by atoms with Crippen LogP contribution in [-0.4, -0.2) is 23.8 Å².